The van der Waals surface area contributed by atoms with Crippen molar-refractivity contribution < 1.29 is 4.79 Å². The molecule has 1 aromatic rings. The molecule has 0 radical (unpaired) electrons. The third-order valence-corrected chi connectivity index (χ3v) is 3.46. The number of hydrogen-bond acceptors (Lipinski definition) is 3. The summed E-state index contributed by atoms with van der Waals surface area (Å²) >= 11 is 0. The van der Waals surface area contributed by atoms with Gasteiger partial charge in [-0.2, -0.15) is 0 Å². The van der Waals surface area contributed by atoms with Crippen molar-refractivity contribution in [3.8, 4) is 0 Å². The van der Waals surface area contributed by atoms with Gasteiger partial charge in [0.15, 0.2) is 0 Å². The first-order chi connectivity index (χ1) is 8.26. The molecule has 0 aliphatic carbocycles. The zero-order chi connectivity index (χ0) is 12.3. The first kappa shape index (κ1) is 11.9. The van der Waals surface area contributed by atoms with Crippen LogP contribution < -0.4 is 11.3 Å². The van der Waals surface area contributed by atoms with Crippen LogP contribution in [0.2, 0.25) is 0 Å². The number of nitrogens with zero attached hydrogens (tertiary/aromatic N) is 1. The standard InChI is InChI=1S/C13H19N3O/c1-2-10-7-8-16(9-10)13(17)11-5-3-4-6-12(11)15-14/h3-6,10,15H,2,7-9,14H2,1H3. The van der Waals surface area contributed by atoms with Gasteiger partial charge in [0.05, 0.1) is 11.3 Å². The topological polar surface area (TPSA) is 58.4 Å². The van der Waals surface area contributed by atoms with Crippen LogP contribution in [0, 0.1) is 5.92 Å². The summed E-state index contributed by atoms with van der Waals surface area (Å²) in [7, 11) is 0. The third-order valence-electron chi connectivity index (χ3n) is 3.46. The van der Waals surface area contributed by atoms with Crippen molar-refractivity contribution in [2.75, 3.05) is 18.5 Å². The van der Waals surface area contributed by atoms with E-state index >= 15 is 0 Å². The van der Waals surface area contributed by atoms with Gasteiger partial charge in [-0.25, -0.2) is 0 Å². The van der Waals surface area contributed by atoms with E-state index in [4.69, 9.17) is 5.84 Å². The summed E-state index contributed by atoms with van der Waals surface area (Å²) in [6.45, 7) is 3.90. The predicted molar refractivity (Wildman–Crippen MR) is 68.6 cm³/mol. The monoisotopic (exact) mass is 233 g/mol. The van der Waals surface area contributed by atoms with Crippen LogP contribution in [-0.4, -0.2) is 23.9 Å². The molecule has 0 saturated carbocycles. The Kier molecular flexibility index (Phi) is 3.64. The molecule has 2 rings (SSSR count). The molecular formula is C13H19N3O. The number of benzene rings is 1. The summed E-state index contributed by atoms with van der Waals surface area (Å²) in [5.74, 6) is 6.15. The summed E-state index contributed by atoms with van der Waals surface area (Å²) in [6.07, 6.45) is 2.25. The summed E-state index contributed by atoms with van der Waals surface area (Å²) in [5, 5.41) is 0. The molecule has 1 aromatic carbocycles. The minimum atomic E-state index is 0.0782. The van der Waals surface area contributed by atoms with Crippen molar-refractivity contribution in [1.82, 2.24) is 4.90 Å². The molecule has 0 spiro atoms. The van der Waals surface area contributed by atoms with Crippen LogP contribution in [-0.2, 0) is 0 Å². The van der Waals surface area contributed by atoms with Crippen LogP contribution in [0.25, 0.3) is 0 Å². The maximum atomic E-state index is 12.3. The van der Waals surface area contributed by atoms with Crippen molar-refractivity contribution in [1.29, 1.82) is 0 Å². The second-order valence-corrected chi connectivity index (χ2v) is 4.50. The first-order valence-corrected chi connectivity index (χ1v) is 6.11. The highest BCUT2D eigenvalue weighted by atomic mass is 16.2. The van der Waals surface area contributed by atoms with E-state index in [0.29, 0.717) is 17.2 Å². The Morgan fingerprint density at radius 3 is 2.94 bits per heavy atom. The molecule has 1 unspecified atom stereocenters. The van der Waals surface area contributed by atoms with Crippen molar-refractivity contribution >= 4 is 11.6 Å². The van der Waals surface area contributed by atoms with Crippen LogP contribution in [0.4, 0.5) is 5.69 Å². The highest BCUT2D eigenvalue weighted by Crippen LogP contribution is 2.23. The molecule has 1 atom stereocenters. The van der Waals surface area contributed by atoms with Crippen LogP contribution in [0.15, 0.2) is 24.3 Å². The van der Waals surface area contributed by atoms with Crippen LogP contribution in [0.1, 0.15) is 30.1 Å². The van der Waals surface area contributed by atoms with Crippen molar-refractivity contribution in [3.63, 3.8) is 0 Å². The van der Waals surface area contributed by atoms with Gasteiger partial charge in [0.1, 0.15) is 0 Å². The number of nitrogens with two attached hydrogens (primary N) is 1. The third kappa shape index (κ3) is 2.42. The fourth-order valence-electron chi connectivity index (χ4n) is 2.32. The Balaban J connectivity index is 2.15. The van der Waals surface area contributed by atoms with Gasteiger partial charge in [0, 0.05) is 13.1 Å². The van der Waals surface area contributed by atoms with Gasteiger partial charge >= 0.3 is 0 Å². The smallest absolute Gasteiger partial charge is 0.256 e. The van der Waals surface area contributed by atoms with Crippen molar-refractivity contribution in [3.05, 3.63) is 29.8 Å². The number of hydrazine groups is 1. The molecule has 1 aliphatic heterocycles. The number of nitrogen functional groups attached to an aromatic ring is 1. The molecule has 1 fully saturated rings. The Morgan fingerprint density at radius 1 is 1.53 bits per heavy atom. The van der Waals surface area contributed by atoms with Gasteiger partial charge in [-0.05, 0) is 24.5 Å². The van der Waals surface area contributed by atoms with Gasteiger partial charge in [0.2, 0.25) is 0 Å². The number of anilines is 1. The Hall–Kier alpha value is -1.55. The number of carbonyl (C=O) groups excluding carboxylic acids is 1. The fourth-order valence-corrected chi connectivity index (χ4v) is 2.32. The van der Waals surface area contributed by atoms with Crippen LogP contribution >= 0.6 is 0 Å². The lowest BCUT2D eigenvalue weighted by molar-refractivity contribution is 0.0788. The summed E-state index contributed by atoms with van der Waals surface area (Å²) in [5.41, 5.74) is 3.93. The number of para-hydroxylation sites is 1. The molecule has 1 heterocycles. The number of amides is 1. The minimum absolute atomic E-state index is 0.0782. The van der Waals surface area contributed by atoms with Gasteiger partial charge in [-0.1, -0.05) is 25.5 Å². The normalized spacial score (nSPS) is 19.4. The molecule has 1 aliphatic rings. The minimum Gasteiger partial charge on any atom is -0.338 e. The lowest BCUT2D eigenvalue weighted by atomic mass is 10.1. The lowest BCUT2D eigenvalue weighted by Gasteiger charge is -2.18. The molecule has 3 N–H and O–H groups in total. The Labute approximate surface area is 102 Å². The van der Waals surface area contributed by atoms with E-state index in [9.17, 15) is 4.79 Å². The van der Waals surface area contributed by atoms with Gasteiger partial charge in [-0.3, -0.25) is 10.6 Å². The second kappa shape index (κ2) is 5.19. The largest absolute Gasteiger partial charge is 0.338 e. The summed E-state index contributed by atoms with van der Waals surface area (Å²) < 4.78 is 0. The molecule has 4 heteroatoms. The Bertz CT molecular complexity index is 405. The molecule has 4 nitrogen and oxygen atoms in total. The molecule has 1 amide bonds. The molecule has 92 valence electrons. The molecular weight excluding hydrogens is 214 g/mol. The average Bonchev–Trinajstić information content (AvgIpc) is 2.86. The molecule has 0 bridgehead atoms. The van der Waals surface area contributed by atoms with E-state index in [1.165, 1.54) is 0 Å². The molecule has 17 heavy (non-hydrogen) atoms. The van der Waals surface area contributed by atoms with E-state index < -0.39 is 0 Å². The maximum Gasteiger partial charge on any atom is 0.256 e. The Morgan fingerprint density at radius 2 is 2.29 bits per heavy atom. The van der Waals surface area contributed by atoms with E-state index in [0.717, 1.165) is 25.9 Å². The van der Waals surface area contributed by atoms with Crippen molar-refractivity contribution in [2.24, 2.45) is 11.8 Å². The predicted octanol–water partition coefficient (Wildman–Crippen LogP) is 1.84. The van der Waals surface area contributed by atoms with E-state index in [1.54, 1.807) is 0 Å². The zero-order valence-corrected chi connectivity index (χ0v) is 10.1. The quantitative estimate of drug-likeness (QED) is 0.618. The van der Waals surface area contributed by atoms with Crippen molar-refractivity contribution in [2.45, 2.75) is 19.8 Å². The summed E-state index contributed by atoms with van der Waals surface area (Å²) in [6, 6.07) is 7.36. The molecule has 0 aromatic heterocycles. The lowest BCUT2D eigenvalue weighted by Crippen LogP contribution is -2.29. The van der Waals surface area contributed by atoms with E-state index in [1.807, 2.05) is 29.2 Å². The van der Waals surface area contributed by atoms with E-state index in [2.05, 4.69) is 12.3 Å². The zero-order valence-electron chi connectivity index (χ0n) is 10.1. The first-order valence-electron chi connectivity index (χ1n) is 6.11. The number of rotatable bonds is 3. The average molecular weight is 233 g/mol. The van der Waals surface area contributed by atoms with Gasteiger partial charge in [0.25, 0.3) is 5.91 Å². The number of likely N-dealkylation sites (tertiary alicyclic amines) is 1. The maximum absolute atomic E-state index is 12.3. The van der Waals surface area contributed by atoms with Gasteiger partial charge < -0.3 is 10.3 Å². The number of nitrogens with one attached hydrogen (secondary N) is 1. The summed E-state index contributed by atoms with van der Waals surface area (Å²) in [4.78, 5) is 14.2. The number of hydrogen-bond donors (Lipinski definition) is 2. The van der Waals surface area contributed by atoms with Crippen LogP contribution in [0.5, 0.6) is 0 Å². The van der Waals surface area contributed by atoms with Crippen LogP contribution in [0.3, 0.4) is 0 Å². The second-order valence-electron chi connectivity index (χ2n) is 4.50. The fraction of sp³-hybridized carbons (Fsp3) is 0.462. The van der Waals surface area contributed by atoms with Gasteiger partial charge in [-0.15, -0.1) is 0 Å². The highest BCUT2D eigenvalue weighted by molar-refractivity contribution is 5.99. The molecule has 1 saturated heterocycles. The number of carbonyl (C=O) groups is 1. The highest BCUT2D eigenvalue weighted by Gasteiger charge is 2.26. The van der Waals surface area contributed by atoms with E-state index in [-0.39, 0.29) is 5.91 Å². The SMILES string of the molecule is CCC1CCN(C(=O)c2ccccc2NN)C1.